The van der Waals surface area contributed by atoms with Crippen molar-refractivity contribution in [1.82, 2.24) is 0 Å². The monoisotopic (exact) mass is 670 g/mol. The van der Waals surface area contributed by atoms with Crippen molar-refractivity contribution in [2.75, 3.05) is 7.11 Å². The van der Waals surface area contributed by atoms with Crippen LogP contribution < -0.4 is 0 Å². The lowest BCUT2D eigenvalue weighted by Gasteiger charge is -2.76. The predicted octanol–water partition coefficient (Wildman–Crippen LogP) is 3.42. The molecule has 1 aromatic rings. The summed E-state index contributed by atoms with van der Waals surface area (Å²) in [6.07, 6.45) is 1.28. The number of hydrogen-bond donors (Lipinski definition) is 1. The van der Waals surface area contributed by atoms with E-state index < -0.39 is 98.6 Å². The summed E-state index contributed by atoms with van der Waals surface area (Å²) in [7, 11) is 1.30. The van der Waals surface area contributed by atoms with Gasteiger partial charge in [-0.1, -0.05) is 34.6 Å². The molecule has 3 aliphatic heterocycles. The normalized spacial score (nSPS) is 50.4. The second-order valence-electron chi connectivity index (χ2n) is 15.9. The first-order valence-electron chi connectivity index (χ1n) is 16.6. The standard InChI is InChI=1S/C35H42O13/c1-17(2)25(39)45-26-29(5)16-33-30(6,20(29)13-22(37)41-8)32-11-10-28(4)21(14-23(38)44-24(28)19-9-12-42-15-19)35(32,48-31(7,46-32)47-33)27(34(26,33)40)43-18(3)36/h9,12,14-15,17,20,24,26-27,40H,10-11,13,16H2,1-8H3/t20-,24-,26-,27+,28+,29+,30-,31+,32-,33+,34-,35+/m0/s1. The number of fused-ring (bicyclic) bond motifs is 3. The highest BCUT2D eigenvalue weighted by atomic mass is 16.9. The number of rotatable bonds is 6. The zero-order chi connectivity index (χ0) is 34.7. The maximum absolute atomic E-state index is 13.7. The third-order valence-electron chi connectivity index (χ3n) is 13.4. The molecule has 1 aromatic heterocycles. The second kappa shape index (κ2) is 9.09. The maximum atomic E-state index is 13.7. The van der Waals surface area contributed by atoms with Crippen LogP contribution in [0.4, 0.5) is 0 Å². The SMILES string of the molecule is COC(=O)C[C@H]1[C@@]2(C)C[C@]34O[C@@]5(C)O[C@@]6(CC[C@]7(C)C(=CC(=O)O[C@H]7c7ccoc7)[C@@]6(O5)[C@H](OC(C)=O)[C@@]3(O)[C@H]2OC(=O)C(C)C)[C@]14C. The molecule has 4 bridgehead atoms. The average molecular weight is 671 g/mol. The Bertz CT molecular complexity index is 1680. The van der Waals surface area contributed by atoms with Crippen LogP contribution in [0.15, 0.2) is 34.7 Å². The highest BCUT2D eigenvalue weighted by Gasteiger charge is 3.03. The van der Waals surface area contributed by atoms with Gasteiger partial charge in [-0.15, -0.1) is 0 Å². The van der Waals surface area contributed by atoms with Crippen LogP contribution >= 0.6 is 0 Å². The molecule has 4 saturated carbocycles. The molecule has 13 heteroatoms. The van der Waals surface area contributed by atoms with Gasteiger partial charge in [0.15, 0.2) is 17.3 Å². The lowest BCUT2D eigenvalue weighted by Crippen LogP contribution is -2.92. The maximum Gasteiger partial charge on any atom is 0.331 e. The molecule has 48 heavy (non-hydrogen) atoms. The molecule has 6 fully saturated rings. The number of esters is 4. The summed E-state index contributed by atoms with van der Waals surface area (Å²) in [4.78, 5) is 53.6. The largest absolute Gasteiger partial charge is 0.472 e. The molecular formula is C35H42O13. The Morgan fingerprint density at radius 2 is 1.73 bits per heavy atom. The van der Waals surface area contributed by atoms with Gasteiger partial charge in [0, 0.05) is 48.2 Å². The van der Waals surface area contributed by atoms with E-state index in [1.807, 2.05) is 20.8 Å². The number of furan rings is 1. The first-order valence-corrected chi connectivity index (χ1v) is 16.6. The van der Waals surface area contributed by atoms with Crippen molar-refractivity contribution in [3.05, 3.63) is 35.8 Å². The van der Waals surface area contributed by atoms with Gasteiger partial charge >= 0.3 is 23.9 Å². The van der Waals surface area contributed by atoms with Gasteiger partial charge in [0.2, 0.25) is 0 Å². The number of aliphatic hydroxyl groups is 1. The van der Waals surface area contributed by atoms with Crippen LogP contribution in [0.25, 0.3) is 0 Å². The Labute approximate surface area is 277 Å². The summed E-state index contributed by atoms with van der Waals surface area (Å²) < 4.78 is 50.2. The predicted molar refractivity (Wildman–Crippen MR) is 159 cm³/mol. The smallest absolute Gasteiger partial charge is 0.331 e. The zero-order valence-corrected chi connectivity index (χ0v) is 28.4. The number of cyclic esters (lactones) is 1. The van der Waals surface area contributed by atoms with Crippen molar-refractivity contribution in [3.63, 3.8) is 0 Å². The van der Waals surface area contributed by atoms with Gasteiger partial charge in [-0.25, -0.2) is 4.79 Å². The summed E-state index contributed by atoms with van der Waals surface area (Å²) in [6.45, 7) is 11.9. The number of methoxy groups -OCH3 is 1. The van der Waals surface area contributed by atoms with Gasteiger partial charge in [0.1, 0.15) is 23.4 Å². The van der Waals surface area contributed by atoms with E-state index >= 15 is 0 Å². The molecule has 4 aliphatic carbocycles. The van der Waals surface area contributed by atoms with E-state index in [0.717, 1.165) is 0 Å². The van der Waals surface area contributed by atoms with E-state index in [-0.39, 0.29) is 19.3 Å². The number of ether oxygens (including phenoxy) is 7. The Balaban J connectivity index is 1.47. The van der Waals surface area contributed by atoms with Crippen LogP contribution in [0.1, 0.15) is 85.8 Å². The number of hydrogen-bond acceptors (Lipinski definition) is 13. The van der Waals surface area contributed by atoms with Gasteiger partial charge in [0.25, 0.3) is 5.97 Å². The first kappa shape index (κ1) is 32.0. The van der Waals surface area contributed by atoms with Gasteiger partial charge in [0.05, 0.1) is 25.6 Å². The van der Waals surface area contributed by atoms with Crippen molar-refractivity contribution < 1.29 is 61.9 Å². The van der Waals surface area contributed by atoms with Crippen molar-refractivity contribution in [2.45, 2.75) is 121 Å². The molecule has 260 valence electrons. The molecule has 2 saturated heterocycles. The van der Waals surface area contributed by atoms with Gasteiger partial charge in [-0.05, 0) is 36.8 Å². The van der Waals surface area contributed by atoms with Crippen LogP contribution in [0.2, 0.25) is 0 Å². The van der Waals surface area contributed by atoms with Crippen LogP contribution in [0.3, 0.4) is 0 Å². The molecule has 2 spiro atoms. The minimum absolute atomic E-state index is 0.118. The molecule has 1 N–H and O–H groups in total. The zero-order valence-electron chi connectivity index (χ0n) is 28.4. The van der Waals surface area contributed by atoms with Crippen molar-refractivity contribution in [1.29, 1.82) is 0 Å². The van der Waals surface area contributed by atoms with E-state index in [2.05, 4.69) is 0 Å². The minimum atomic E-state index is -2.24. The lowest BCUT2D eigenvalue weighted by molar-refractivity contribution is -0.475. The minimum Gasteiger partial charge on any atom is -0.472 e. The summed E-state index contributed by atoms with van der Waals surface area (Å²) in [5, 5.41) is 13.7. The second-order valence-corrected chi connectivity index (χ2v) is 15.9. The van der Waals surface area contributed by atoms with Crippen LogP contribution in [0.5, 0.6) is 0 Å². The number of carbonyl (C=O) groups excluding carboxylic acids is 4. The highest BCUT2D eigenvalue weighted by molar-refractivity contribution is 5.86. The average Bonchev–Trinajstić information content (AvgIpc) is 3.70. The summed E-state index contributed by atoms with van der Waals surface area (Å²) in [5.74, 6) is -5.54. The van der Waals surface area contributed by atoms with E-state index in [1.54, 1.807) is 26.8 Å². The van der Waals surface area contributed by atoms with Gasteiger partial charge in [-0.3, -0.25) is 14.4 Å². The topological polar surface area (TPSA) is 166 Å². The summed E-state index contributed by atoms with van der Waals surface area (Å²) >= 11 is 0. The van der Waals surface area contributed by atoms with Gasteiger partial charge < -0.3 is 42.7 Å². The van der Waals surface area contributed by atoms with Crippen molar-refractivity contribution in [3.8, 4) is 0 Å². The molecule has 8 rings (SSSR count). The Hall–Kier alpha value is -3.26. The fourth-order valence-corrected chi connectivity index (χ4v) is 11.9. The summed E-state index contributed by atoms with van der Waals surface area (Å²) in [6, 6.07) is 1.72. The lowest BCUT2D eigenvalue weighted by atomic mass is 9.34. The van der Waals surface area contributed by atoms with E-state index in [4.69, 9.17) is 37.6 Å². The van der Waals surface area contributed by atoms with Crippen LogP contribution in [-0.4, -0.2) is 76.7 Å². The van der Waals surface area contributed by atoms with Crippen LogP contribution in [0, 0.1) is 28.1 Å². The molecule has 0 amide bonds. The molecule has 0 unspecified atom stereocenters. The number of carbonyl (C=O) groups is 4. The molecule has 12 atom stereocenters. The Kier molecular flexibility index (Phi) is 6.06. The third kappa shape index (κ3) is 3.11. The van der Waals surface area contributed by atoms with Gasteiger partial charge in [-0.2, -0.15) is 0 Å². The van der Waals surface area contributed by atoms with Crippen LogP contribution in [-0.2, 0) is 52.3 Å². The third-order valence-corrected chi connectivity index (χ3v) is 13.4. The van der Waals surface area contributed by atoms with E-state index in [0.29, 0.717) is 17.6 Å². The van der Waals surface area contributed by atoms with E-state index in [1.165, 1.54) is 32.6 Å². The first-order chi connectivity index (χ1) is 22.4. The Morgan fingerprint density at radius 3 is 2.35 bits per heavy atom. The van der Waals surface area contributed by atoms with Crippen molar-refractivity contribution >= 4 is 23.9 Å². The molecule has 13 nitrogen and oxygen atoms in total. The molecule has 0 aromatic carbocycles. The molecule has 7 aliphatic rings. The van der Waals surface area contributed by atoms with Crippen molar-refractivity contribution in [2.24, 2.45) is 28.1 Å². The molecule has 4 heterocycles. The van der Waals surface area contributed by atoms with E-state index in [9.17, 15) is 24.3 Å². The Morgan fingerprint density at radius 1 is 1.02 bits per heavy atom. The molecule has 0 radical (unpaired) electrons. The quantitative estimate of drug-likeness (QED) is 0.346. The summed E-state index contributed by atoms with van der Waals surface area (Å²) in [5.41, 5.74) is -9.49. The fourth-order valence-electron chi connectivity index (χ4n) is 11.9. The fraction of sp³-hybridized carbons (Fsp3) is 0.714. The molecular weight excluding hydrogens is 628 g/mol. The highest BCUT2D eigenvalue weighted by Crippen LogP contribution is 2.89.